The van der Waals surface area contributed by atoms with Crippen molar-refractivity contribution in [1.29, 1.82) is 0 Å². The monoisotopic (exact) mass is 752 g/mol. The number of hydrogen-bond donors (Lipinski definition) is 1. The SMILES string of the molecule is CS(=O)(=O)OC[C@H]1CN(c2ccc(I)c(F)c2)C(=O)O1.O=C1O[C@@H](CO)CN1c1ccc(I)c(F)c1. The van der Waals surface area contributed by atoms with Crippen LogP contribution in [0.5, 0.6) is 0 Å². The third-order valence-electron chi connectivity index (χ3n) is 4.85. The number of halogens is 4. The van der Waals surface area contributed by atoms with Crippen molar-refractivity contribution < 1.29 is 45.6 Å². The molecule has 0 spiro atoms. The van der Waals surface area contributed by atoms with Crippen molar-refractivity contribution >= 4 is 78.9 Å². The zero-order chi connectivity index (χ0) is 26.6. The number of hydrogen-bond acceptors (Lipinski definition) is 8. The van der Waals surface area contributed by atoms with Gasteiger partial charge in [0.25, 0.3) is 10.1 Å². The second kappa shape index (κ2) is 12.1. The summed E-state index contributed by atoms with van der Waals surface area (Å²) in [6.07, 6.45) is -1.54. The smallest absolute Gasteiger partial charge is 0.414 e. The molecule has 0 unspecified atom stereocenters. The van der Waals surface area contributed by atoms with Crippen LogP contribution in [-0.2, 0) is 23.8 Å². The van der Waals surface area contributed by atoms with Gasteiger partial charge in [-0.25, -0.2) is 18.4 Å². The topological polar surface area (TPSA) is 123 Å². The summed E-state index contributed by atoms with van der Waals surface area (Å²) in [6, 6.07) is 8.87. The Morgan fingerprint density at radius 2 is 1.39 bits per heavy atom. The minimum Gasteiger partial charge on any atom is -0.441 e. The number of cyclic esters (lactones) is 2. The Balaban J connectivity index is 0.000000205. The Labute approximate surface area is 232 Å². The fraction of sp³-hybridized carbons (Fsp3) is 0.333. The highest BCUT2D eigenvalue weighted by Crippen LogP contribution is 2.26. The first-order chi connectivity index (χ1) is 16.9. The number of amides is 2. The van der Waals surface area contributed by atoms with E-state index in [4.69, 9.17) is 14.6 Å². The number of anilines is 2. The molecule has 2 amide bonds. The summed E-state index contributed by atoms with van der Waals surface area (Å²) >= 11 is 3.71. The second-order valence-electron chi connectivity index (χ2n) is 7.60. The molecule has 36 heavy (non-hydrogen) atoms. The minimum atomic E-state index is -3.59. The summed E-state index contributed by atoms with van der Waals surface area (Å²) in [5.41, 5.74) is 0.800. The molecular weight excluding hydrogens is 732 g/mol. The summed E-state index contributed by atoms with van der Waals surface area (Å²) in [6.45, 7) is -0.132. The van der Waals surface area contributed by atoms with Crippen molar-refractivity contribution in [2.45, 2.75) is 12.2 Å². The minimum absolute atomic E-state index is 0.106. The van der Waals surface area contributed by atoms with Crippen LogP contribution in [0.1, 0.15) is 0 Å². The number of aliphatic hydroxyl groups excluding tert-OH is 1. The molecule has 2 aromatic rings. The molecule has 0 saturated carbocycles. The third kappa shape index (κ3) is 7.59. The number of carbonyl (C=O) groups is 2. The molecule has 0 radical (unpaired) electrons. The van der Waals surface area contributed by atoms with Gasteiger partial charge in [0.2, 0.25) is 0 Å². The number of benzene rings is 2. The summed E-state index contributed by atoms with van der Waals surface area (Å²) in [7, 11) is -3.59. The Hall–Kier alpha value is -1.83. The van der Waals surface area contributed by atoms with Gasteiger partial charge >= 0.3 is 12.2 Å². The summed E-state index contributed by atoms with van der Waals surface area (Å²) < 4.78 is 63.9. The largest absolute Gasteiger partial charge is 0.441 e. The van der Waals surface area contributed by atoms with E-state index in [2.05, 4.69) is 4.18 Å². The molecule has 0 aromatic heterocycles. The van der Waals surface area contributed by atoms with Crippen molar-refractivity contribution in [2.24, 2.45) is 0 Å². The lowest BCUT2D eigenvalue weighted by molar-refractivity contribution is 0.0963. The molecule has 2 heterocycles. The number of ether oxygens (including phenoxy) is 2. The van der Waals surface area contributed by atoms with Gasteiger partial charge in [0.1, 0.15) is 30.4 Å². The van der Waals surface area contributed by atoms with Crippen LogP contribution in [0.4, 0.5) is 29.7 Å². The number of nitrogens with zero attached hydrogens (tertiary/aromatic N) is 2. The number of rotatable bonds is 6. The van der Waals surface area contributed by atoms with Crippen LogP contribution in [0.25, 0.3) is 0 Å². The second-order valence-corrected chi connectivity index (χ2v) is 11.6. The zero-order valence-corrected chi connectivity index (χ0v) is 23.7. The van der Waals surface area contributed by atoms with E-state index < -0.39 is 40.3 Å². The van der Waals surface area contributed by atoms with Gasteiger partial charge in [-0.05, 0) is 81.6 Å². The van der Waals surface area contributed by atoms with Crippen LogP contribution in [0.2, 0.25) is 0 Å². The predicted molar refractivity (Wildman–Crippen MR) is 141 cm³/mol. The van der Waals surface area contributed by atoms with Gasteiger partial charge < -0.3 is 14.6 Å². The number of carbonyl (C=O) groups excluding carboxylic acids is 2. The molecule has 10 nitrogen and oxygen atoms in total. The van der Waals surface area contributed by atoms with Gasteiger partial charge in [0, 0.05) is 7.14 Å². The van der Waals surface area contributed by atoms with E-state index in [1.165, 1.54) is 21.9 Å². The third-order valence-corrected chi connectivity index (χ3v) is 7.16. The molecule has 2 fully saturated rings. The number of aliphatic hydroxyl groups is 1. The van der Waals surface area contributed by atoms with E-state index >= 15 is 0 Å². The molecule has 0 aliphatic carbocycles. The van der Waals surface area contributed by atoms with Gasteiger partial charge in [-0.2, -0.15) is 8.42 Å². The van der Waals surface area contributed by atoms with E-state index in [1.54, 1.807) is 24.3 Å². The van der Waals surface area contributed by atoms with Crippen molar-refractivity contribution in [3.8, 4) is 0 Å². The average Bonchev–Trinajstić information content (AvgIpc) is 3.38. The molecule has 2 aromatic carbocycles. The summed E-state index contributed by atoms with van der Waals surface area (Å²) in [4.78, 5) is 25.6. The van der Waals surface area contributed by atoms with Gasteiger partial charge in [-0.3, -0.25) is 14.0 Å². The highest BCUT2D eigenvalue weighted by atomic mass is 127. The van der Waals surface area contributed by atoms with Gasteiger partial charge in [0.05, 0.1) is 37.3 Å². The Morgan fingerprint density at radius 3 is 1.78 bits per heavy atom. The van der Waals surface area contributed by atoms with Crippen LogP contribution in [-0.4, -0.2) is 70.5 Å². The van der Waals surface area contributed by atoms with Gasteiger partial charge in [0.15, 0.2) is 0 Å². The predicted octanol–water partition coefficient (Wildman–Crippen LogP) is 3.48. The molecule has 15 heteroatoms. The molecule has 4 rings (SSSR count). The fourth-order valence-corrected chi connectivity index (χ4v) is 4.22. The van der Waals surface area contributed by atoms with Crippen molar-refractivity contribution in [1.82, 2.24) is 0 Å². The Kier molecular flexibility index (Phi) is 9.69. The van der Waals surface area contributed by atoms with Crippen LogP contribution >= 0.6 is 45.2 Å². The van der Waals surface area contributed by atoms with Crippen molar-refractivity contribution in [3.05, 3.63) is 55.2 Å². The first-order valence-corrected chi connectivity index (χ1v) is 14.2. The highest BCUT2D eigenvalue weighted by Gasteiger charge is 2.34. The maximum Gasteiger partial charge on any atom is 0.414 e. The maximum absolute atomic E-state index is 13.5. The fourth-order valence-electron chi connectivity index (χ4n) is 3.15. The lowest BCUT2D eigenvalue weighted by atomic mass is 10.2. The first kappa shape index (κ1) is 28.7. The van der Waals surface area contributed by atoms with E-state index in [9.17, 15) is 26.8 Å². The normalized spacial score (nSPS) is 19.6. The van der Waals surface area contributed by atoms with E-state index in [0.717, 1.165) is 6.26 Å². The molecule has 2 atom stereocenters. The first-order valence-electron chi connectivity index (χ1n) is 10.2. The van der Waals surface area contributed by atoms with Gasteiger partial charge in [-0.1, -0.05) is 0 Å². The standard InChI is InChI=1S/C11H11FINO5S.C10H9FINO3/c1-20(16,17)18-6-8-5-14(11(15)19-8)7-2-3-10(13)9(12)4-7;11-8-3-6(1-2-9(8)12)13-4-7(5-14)16-10(13)15/h2-4,8H,5-6H2,1H3;1-3,7,14H,4-5H2/t8-;7-/m11/s1. The molecule has 196 valence electrons. The lowest BCUT2D eigenvalue weighted by Gasteiger charge is -2.13. The molecule has 0 bridgehead atoms. The van der Waals surface area contributed by atoms with Crippen LogP contribution in [0.15, 0.2) is 36.4 Å². The summed E-state index contributed by atoms with van der Waals surface area (Å²) in [5, 5.41) is 8.87. The Morgan fingerprint density at radius 1 is 0.944 bits per heavy atom. The zero-order valence-electron chi connectivity index (χ0n) is 18.6. The molecule has 2 saturated heterocycles. The Bertz CT molecular complexity index is 1250. The quantitative estimate of drug-likeness (QED) is 0.352. The van der Waals surface area contributed by atoms with Crippen LogP contribution < -0.4 is 9.80 Å². The summed E-state index contributed by atoms with van der Waals surface area (Å²) in [5.74, 6) is -0.815. The average molecular weight is 752 g/mol. The van der Waals surface area contributed by atoms with Gasteiger partial charge in [-0.15, -0.1) is 0 Å². The van der Waals surface area contributed by atoms with Crippen molar-refractivity contribution in [3.63, 3.8) is 0 Å². The van der Waals surface area contributed by atoms with E-state index in [1.807, 2.05) is 45.2 Å². The van der Waals surface area contributed by atoms with E-state index in [0.29, 0.717) is 18.5 Å². The molecule has 2 aliphatic rings. The molecular formula is C21H20F2I2N2O8S. The highest BCUT2D eigenvalue weighted by molar-refractivity contribution is 14.1. The van der Waals surface area contributed by atoms with Crippen LogP contribution in [0, 0.1) is 18.8 Å². The van der Waals surface area contributed by atoms with Crippen molar-refractivity contribution in [2.75, 3.05) is 42.4 Å². The molecule has 1 N–H and O–H groups in total. The van der Waals surface area contributed by atoms with E-state index in [-0.39, 0.29) is 32.1 Å². The molecule has 2 aliphatic heterocycles. The maximum atomic E-state index is 13.5. The lowest BCUT2D eigenvalue weighted by Crippen LogP contribution is -2.26. The van der Waals surface area contributed by atoms with Crippen LogP contribution in [0.3, 0.4) is 0 Å².